The van der Waals surface area contributed by atoms with Crippen LogP contribution in [0.2, 0.25) is 0 Å². The molecule has 0 fully saturated rings. The Hall–Kier alpha value is -1.98. The Morgan fingerprint density at radius 1 is 1.10 bits per heavy atom. The second-order valence-electron chi connectivity index (χ2n) is 4.80. The molecule has 2 rings (SSSR count). The van der Waals surface area contributed by atoms with Crippen molar-refractivity contribution in [2.45, 2.75) is 18.4 Å². The van der Waals surface area contributed by atoms with Crippen LogP contribution in [-0.2, 0) is 16.7 Å². The molecule has 0 saturated carbocycles. The van der Waals surface area contributed by atoms with E-state index in [1.165, 1.54) is 12.1 Å². The summed E-state index contributed by atoms with van der Waals surface area (Å²) in [6, 6.07) is 6.25. The lowest BCUT2D eigenvalue weighted by Crippen LogP contribution is -2.19. The first-order valence-electron chi connectivity index (χ1n) is 6.63. The Morgan fingerprint density at radius 2 is 1.67 bits per heavy atom. The van der Waals surface area contributed by atoms with Crippen LogP contribution in [0.1, 0.15) is 12.5 Å². The Kier molecular flexibility index (Phi) is 4.55. The average Bonchev–Trinajstić information content (AvgIpc) is 2.45. The van der Waals surface area contributed by atoms with Gasteiger partial charge in [0.15, 0.2) is 12.3 Å². The minimum atomic E-state index is -4.13. The summed E-state index contributed by atoms with van der Waals surface area (Å²) in [4.78, 5) is -0.0873. The lowest BCUT2D eigenvalue weighted by molar-refractivity contribution is -0.539. The van der Waals surface area contributed by atoms with E-state index in [0.717, 1.165) is 23.4 Å². The van der Waals surface area contributed by atoms with Crippen molar-refractivity contribution < 1.29 is 17.5 Å². The zero-order valence-electron chi connectivity index (χ0n) is 11.9. The Morgan fingerprint density at radius 3 is 2.14 bits per heavy atom. The van der Waals surface area contributed by atoms with Crippen molar-refractivity contribution in [3.63, 3.8) is 0 Å². The van der Waals surface area contributed by atoms with Crippen LogP contribution < -0.4 is 0 Å². The lowest BCUT2D eigenvalue weighted by Gasteiger charge is -2.07. The molecule has 4 nitrogen and oxygen atoms in total. The fraction of sp³-hybridized carbons (Fsp3) is 0.188. The average molecular weight is 304 g/mol. The SMILES string of the molecule is C=C1C=CC(=[N+](CC)Cc2ccc(S(=O)(=O)O)cc2)C=C1. The monoisotopic (exact) mass is 304 g/mol. The molecule has 5 heteroatoms. The van der Waals surface area contributed by atoms with Gasteiger partial charge in [0.1, 0.15) is 6.54 Å². The molecule has 1 N–H and O–H groups in total. The van der Waals surface area contributed by atoms with Gasteiger partial charge in [-0.15, -0.1) is 0 Å². The molecule has 0 radical (unpaired) electrons. The maximum absolute atomic E-state index is 11.0. The van der Waals surface area contributed by atoms with Crippen LogP contribution >= 0.6 is 0 Å². The van der Waals surface area contributed by atoms with E-state index in [1.54, 1.807) is 12.1 Å². The van der Waals surface area contributed by atoms with Crippen molar-refractivity contribution >= 4 is 15.8 Å². The quantitative estimate of drug-likeness (QED) is 0.687. The van der Waals surface area contributed by atoms with Gasteiger partial charge in [0.2, 0.25) is 0 Å². The highest BCUT2D eigenvalue weighted by Gasteiger charge is 2.13. The van der Waals surface area contributed by atoms with Gasteiger partial charge < -0.3 is 0 Å². The van der Waals surface area contributed by atoms with Crippen molar-refractivity contribution in [1.82, 2.24) is 0 Å². The van der Waals surface area contributed by atoms with Gasteiger partial charge in [0.05, 0.1) is 4.90 Å². The summed E-state index contributed by atoms with van der Waals surface area (Å²) in [5.74, 6) is 0. The van der Waals surface area contributed by atoms with Crippen molar-refractivity contribution in [3.8, 4) is 0 Å². The number of hydrogen-bond acceptors (Lipinski definition) is 2. The minimum absolute atomic E-state index is 0.0873. The zero-order chi connectivity index (χ0) is 15.5. The highest BCUT2D eigenvalue weighted by Crippen LogP contribution is 2.12. The van der Waals surface area contributed by atoms with Crippen LogP contribution in [0.5, 0.6) is 0 Å². The van der Waals surface area contributed by atoms with Gasteiger partial charge in [-0.1, -0.05) is 18.7 Å². The molecule has 0 unspecified atom stereocenters. The van der Waals surface area contributed by atoms with Crippen molar-refractivity contribution in [2.24, 2.45) is 0 Å². The van der Waals surface area contributed by atoms with Crippen LogP contribution in [0.15, 0.2) is 65.6 Å². The van der Waals surface area contributed by atoms with Gasteiger partial charge in [-0.3, -0.25) is 4.55 Å². The normalized spacial score (nSPS) is 14.6. The molecule has 0 bridgehead atoms. The first-order valence-corrected chi connectivity index (χ1v) is 8.07. The highest BCUT2D eigenvalue weighted by molar-refractivity contribution is 7.85. The molecule has 0 amide bonds. The number of nitrogens with zero attached hydrogens (tertiary/aromatic N) is 1. The van der Waals surface area contributed by atoms with E-state index >= 15 is 0 Å². The number of benzene rings is 1. The molecule has 0 atom stereocenters. The van der Waals surface area contributed by atoms with Gasteiger partial charge in [0, 0.05) is 17.7 Å². The molecule has 110 valence electrons. The first-order chi connectivity index (χ1) is 9.90. The Labute approximate surface area is 125 Å². The molecule has 1 aliphatic carbocycles. The van der Waals surface area contributed by atoms with Gasteiger partial charge in [-0.2, -0.15) is 8.42 Å². The summed E-state index contributed by atoms with van der Waals surface area (Å²) in [5.41, 5.74) is 3.03. The zero-order valence-corrected chi connectivity index (χ0v) is 12.7. The second-order valence-corrected chi connectivity index (χ2v) is 6.22. The molecule has 0 aliphatic heterocycles. The summed E-state index contributed by atoms with van der Waals surface area (Å²) in [7, 11) is -4.13. The molecule has 1 aliphatic rings. The van der Waals surface area contributed by atoms with Gasteiger partial charge in [0.25, 0.3) is 10.1 Å². The van der Waals surface area contributed by atoms with Crippen LogP contribution in [0, 0.1) is 0 Å². The summed E-state index contributed by atoms with van der Waals surface area (Å²) >= 11 is 0. The maximum atomic E-state index is 11.0. The summed E-state index contributed by atoms with van der Waals surface area (Å²) in [6.45, 7) is 7.42. The van der Waals surface area contributed by atoms with E-state index < -0.39 is 10.1 Å². The summed E-state index contributed by atoms with van der Waals surface area (Å²) in [5, 5.41) is 0. The largest absolute Gasteiger partial charge is 0.294 e. The van der Waals surface area contributed by atoms with Gasteiger partial charge >= 0.3 is 0 Å². The van der Waals surface area contributed by atoms with E-state index in [2.05, 4.69) is 18.1 Å². The third-order valence-corrected chi connectivity index (χ3v) is 4.15. The summed E-state index contributed by atoms with van der Waals surface area (Å²) in [6.07, 6.45) is 7.94. The number of allylic oxidation sites excluding steroid dienone is 5. The van der Waals surface area contributed by atoms with Crippen molar-refractivity contribution in [2.75, 3.05) is 6.54 Å². The topological polar surface area (TPSA) is 57.4 Å². The molecule has 0 heterocycles. The van der Waals surface area contributed by atoms with E-state index in [-0.39, 0.29) is 4.90 Å². The molecular formula is C16H18NO3S+. The minimum Gasteiger partial charge on any atom is -0.282 e. The standard InChI is InChI=1S/C16H17NO3S/c1-3-17(15-8-4-13(2)5-9-15)12-14-6-10-16(11-7-14)21(18,19)20/h4-11H,2-3,12H2,1H3/p+1. The maximum Gasteiger partial charge on any atom is 0.294 e. The third kappa shape index (κ3) is 4.00. The number of rotatable bonds is 4. The molecule has 1 aromatic rings. The van der Waals surface area contributed by atoms with E-state index in [1.807, 2.05) is 24.3 Å². The fourth-order valence-electron chi connectivity index (χ4n) is 2.08. The predicted octanol–water partition coefficient (Wildman–Crippen LogP) is 2.59. The molecule has 21 heavy (non-hydrogen) atoms. The molecule has 1 aromatic carbocycles. The Bertz CT molecular complexity index is 720. The van der Waals surface area contributed by atoms with E-state index in [9.17, 15) is 8.42 Å². The Balaban J connectivity index is 2.24. The lowest BCUT2D eigenvalue weighted by atomic mass is 10.1. The van der Waals surface area contributed by atoms with Crippen LogP contribution in [0.25, 0.3) is 0 Å². The van der Waals surface area contributed by atoms with E-state index in [4.69, 9.17) is 4.55 Å². The molecule has 0 aromatic heterocycles. The highest BCUT2D eigenvalue weighted by atomic mass is 32.2. The van der Waals surface area contributed by atoms with Crippen LogP contribution in [0.4, 0.5) is 0 Å². The van der Waals surface area contributed by atoms with Crippen molar-refractivity contribution in [3.05, 3.63) is 66.3 Å². The first kappa shape index (κ1) is 15.4. The fourth-order valence-corrected chi connectivity index (χ4v) is 2.56. The third-order valence-electron chi connectivity index (χ3n) is 3.28. The molecule has 0 spiro atoms. The second kappa shape index (κ2) is 6.20. The molecule has 0 saturated heterocycles. The van der Waals surface area contributed by atoms with Gasteiger partial charge in [-0.25, -0.2) is 4.58 Å². The number of hydrogen-bond donors (Lipinski definition) is 1. The smallest absolute Gasteiger partial charge is 0.282 e. The van der Waals surface area contributed by atoms with Gasteiger partial charge in [-0.05, 0) is 36.8 Å². The van der Waals surface area contributed by atoms with Crippen LogP contribution in [-0.4, -0.2) is 29.8 Å². The summed E-state index contributed by atoms with van der Waals surface area (Å²) < 4.78 is 33.2. The van der Waals surface area contributed by atoms with E-state index in [0.29, 0.717) is 6.54 Å². The van der Waals surface area contributed by atoms with Crippen LogP contribution in [0.3, 0.4) is 0 Å². The predicted molar refractivity (Wildman–Crippen MR) is 83.2 cm³/mol. The molecular weight excluding hydrogens is 286 g/mol. The van der Waals surface area contributed by atoms with Crippen molar-refractivity contribution in [1.29, 1.82) is 0 Å².